The molecule has 0 bridgehead atoms. The van der Waals surface area contributed by atoms with Crippen LogP contribution in [0.5, 0.6) is 0 Å². The van der Waals surface area contributed by atoms with Gasteiger partial charge in [-0.1, -0.05) is 29.5 Å². The summed E-state index contributed by atoms with van der Waals surface area (Å²) in [5, 5.41) is 8.92. The molecule has 0 aromatic carbocycles. The van der Waals surface area contributed by atoms with E-state index in [2.05, 4.69) is 4.74 Å². The number of carbonyl (C=O) groups is 1. The van der Waals surface area contributed by atoms with E-state index < -0.39 is 42.4 Å². The van der Waals surface area contributed by atoms with Crippen molar-refractivity contribution >= 4 is 28.6 Å². The first-order valence-corrected chi connectivity index (χ1v) is 6.91. The third kappa shape index (κ3) is 4.64. The molecule has 0 aliphatic carbocycles. The molecule has 1 N–H and O–H groups in total. The van der Waals surface area contributed by atoms with E-state index in [1.54, 1.807) is 0 Å². The van der Waals surface area contributed by atoms with Crippen LogP contribution in [0.15, 0.2) is 0 Å². The SMILES string of the molecule is CC(CC(O)(C(F)(F)F)C(F)(F)F)OC(=O)C(C)CI. The van der Waals surface area contributed by atoms with Crippen molar-refractivity contribution in [2.45, 2.75) is 44.3 Å². The number of hydrogen-bond acceptors (Lipinski definition) is 3. The molecule has 0 spiro atoms. The summed E-state index contributed by atoms with van der Waals surface area (Å²) in [6, 6.07) is 0. The van der Waals surface area contributed by atoms with Crippen molar-refractivity contribution in [3.63, 3.8) is 0 Å². The summed E-state index contributed by atoms with van der Waals surface area (Å²) in [6.45, 7) is 2.28. The fourth-order valence-electron chi connectivity index (χ4n) is 1.23. The molecule has 120 valence electrons. The Hall–Kier alpha value is -0.260. The van der Waals surface area contributed by atoms with Gasteiger partial charge in [-0.2, -0.15) is 26.3 Å². The van der Waals surface area contributed by atoms with Crippen LogP contribution >= 0.6 is 22.6 Å². The smallest absolute Gasteiger partial charge is 0.426 e. The van der Waals surface area contributed by atoms with E-state index >= 15 is 0 Å². The number of alkyl halides is 7. The van der Waals surface area contributed by atoms with Crippen molar-refractivity contribution in [1.82, 2.24) is 0 Å². The zero-order valence-corrected chi connectivity index (χ0v) is 12.6. The molecule has 2 atom stereocenters. The normalized spacial score (nSPS) is 16.7. The molecule has 2 unspecified atom stereocenters. The Kier molecular flexibility index (Phi) is 6.58. The van der Waals surface area contributed by atoms with E-state index in [1.807, 2.05) is 22.6 Å². The molecule has 0 radical (unpaired) electrons. The van der Waals surface area contributed by atoms with Crippen LogP contribution in [0.3, 0.4) is 0 Å². The molecule has 0 saturated carbocycles. The second-order valence-corrected chi connectivity index (χ2v) is 5.24. The van der Waals surface area contributed by atoms with Crippen molar-refractivity contribution in [2.24, 2.45) is 5.92 Å². The lowest BCUT2D eigenvalue weighted by atomic mass is 9.95. The number of carbonyl (C=O) groups excluding carboxylic acids is 1. The highest BCUT2D eigenvalue weighted by Crippen LogP contribution is 2.46. The first kappa shape index (κ1) is 19.7. The zero-order valence-electron chi connectivity index (χ0n) is 10.5. The fraction of sp³-hybridized carbons (Fsp3) is 0.900. The molecular weight excluding hydrogens is 409 g/mol. The lowest BCUT2D eigenvalue weighted by Gasteiger charge is -2.34. The van der Waals surface area contributed by atoms with Gasteiger partial charge in [0.25, 0.3) is 5.60 Å². The number of hydrogen-bond donors (Lipinski definition) is 1. The van der Waals surface area contributed by atoms with E-state index in [4.69, 9.17) is 5.11 Å². The highest BCUT2D eigenvalue weighted by molar-refractivity contribution is 14.1. The van der Waals surface area contributed by atoms with E-state index in [1.165, 1.54) is 6.92 Å². The van der Waals surface area contributed by atoms with E-state index in [9.17, 15) is 31.1 Å². The standard InChI is InChI=1S/C10H13F6IO3/c1-5(4-17)7(18)20-6(2)3-8(19,9(11,12)13)10(14,15)16/h5-6,19H,3-4H2,1-2H3. The molecule has 0 aliphatic heterocycles. The predicted octanol–water partition coefficient (Wildman–Crippen LogP) is 3.24. The molecule has 0 aromatic rings. The van der Waals surface area contributed by atoms with Gasteiger partial charge >= 0.3 is 18.3 Å². The monoisotopic (exact) mass is 422 g/mol. The van der Waals surface area contributed by atoms with Gasteiger partial charge in [-0.05, 0) is 6.92 Å². The maximum absolute atomic E-state index is 12.4. The summed E-state index contributed by atoms with van der Waals surface area (Å²) in [4.78, 5) is 11.3. The number of aliphatic hydroxyl groups is 1. The van der Waals surface area contributed by atoms with Crippen LogP contribution in [0.1, 0.15) is 20.3 Å². The van der Waals surface area contributed by atoms with Gasteiger partial charge in [-0.15, -0.1) is 0 Å². The van der Waals surface area contributed by atoms with Crippen LogP contribution in [0, 0.1) is 5.92 Å². The molecule has 0 saturated heterocycles. The minimum atomic E-state index is -5.92. The van der Waals surface area contributed by atoms with Gasteiger partial charge < -0.3 is 9.84 Å². The first-order chi connectivity index (χ1) is 8.76. The van der Waals surface area contributed by atoms with Crippen LogP contribution in [-0.4, -0.2) is 39.6 Å². The van der Waals surface area contributed by atoms with Gasteiger partial charge in [-0.3, -0.25) is 4.79 Å². The lowest BCUT2D eigenvalue weighted by Crippen LogP contribution is -2.58. The summed E-state index contributed by atoms with van der Waals surface area (Å²) < 4.78 is 79.2. The summed E-state index contributed by atoms with van der Waals surface area (Å²) >= 11 is 1.82. The highest BCUT2D eigenvalue weighted by atomic mass is 127. The minimum absolute atomic E-state index is 0.298. The van der Waals surface area contributed by atoms with E-state index in [0.717, 1.165) is 6.92 Å². The van der Waals surface area contributed by atoms with Crippen molar-refractivity contribution < 1.29 is 41.0 Å². The predicted molar refractivity (Wildman–Crippen MR) is 65.3 cm³/mol. The topological polar surface area (TPSA) is 46.5 Å². The molecule has 20 heavy (non-hydrogen) atoms. The van der Waals surface area contributed by atoms with Crippen molar-refractivity contribution in [3.8, 4) is 0 Å². The first-order valence-electron chi connectivity index (χ1n) is 5.38. The van der Waals surface area contributed by atoms with Crippen LogP contribution < -0.4 is 0 Å². The van der Waals surface area contributed by atoms with Crippen LogP contribution in [-0.2, 0) is 9.53 Å². The third-order valence-corrected chi connectivity index (χ3v) is 3.79. The molecule has 0 heterocycles. The van der Waals surface area contributed by atoms with Crippen LogP contribution in [0.25, 0.3) is 0 Å². The molecule has 0 aromatic heterocycles. The van der Waals surface area contributed by atoms with E-state index in [0.29, 0.717) is 4.43 Å². The molecule has 0 rings (SSSR count). The number of esters is 1. The maximum Gasteiger partial charge on any atom is 0.426 e. The van der Waals surface area contributed by atoms with Gasteiger partial charge in [0.2, 0.25) is 0 Å². The van der Waals surface area contributed by atoms with Gasteiger partial charge in [0.15, 0.2) is 0 Å². The summed E-state index contributed by atoms with van der Waals surface area (Å²) in [5.74, 6) is -1.58. The van der Waals surface area contributed by atoms with Crippen molar-refractivity contribution in [1.29, 1.82) is 0 Å². The average molecular weight is 422 g/mol. The Morgan fingerprint density at radius 3 is 1.85 bits per heavy atom. The molecule has 3 nitrogen and oxygen atoms in total. The van der Waals surface area contributed by atoms with Crippen LogP contribution in [0.2, 0.25) is 0 Å². The Morgan fingerprint density at radius 1 is 1.15 bits per heavy atom. The average Bonchev–Trinajstić information content (AvgIpc) is 2.24. The number of halogens is 7. The Labute approximate surface area is 124 Å². The second-order valence-electron chi connectivity index (χ2n) is 4.36. The number of ether oxygens (including phenoxy) is 1. The maximum atomic E-state index is 12.4. The van der Waals surface area contributed by atoms with Crippen molar-refractivity contribution in [2.75, 3.05) is 4.43 Å². The zero-order chi connectivity index (χ0) is 16.4. The summed E-state index contributed by atoms with van der Waals surface area (Å²) in [5.41, 5.74) is -4.91. The van der Waals surface area contributed by atoms with Gasteiger partial charge in [0, 0.05) is 10.8 Å². The fourth-order valence-corrected chi connectivity index (χ4v) is 1.59. The minimum Gasteiger partial charge on any atom is -0.462 e. The molecule has 0 amide bonds. The van der Waals surface area contributed by atoms with E-state index in [-0.39, 0.29) is 0 Å². The van der Waals surface area contributed by atoms with Crippen LogP contribution in [0.4, 0.5) is 26.3 Å². The Balaban J connectivity index is 5.00. The lowest BCUT2D eigenvalue weighted by molar-refractivity contribution is -0.373. The van der Waals surface area contributed by atoms with Crippen molar-refractivity contribution in [3.05, 3.63) is 0 Å². The summed E-state index contributed by atoms with van der Waals surface area (Å²) in [6.07, 6.45) is -15.4. The highest BCUT2D eigenvalue weighted by Gasteiger charge is 2.70. The quantitative estimate of drug-likeness (QED) is 0.321. The summed E-state index contributed by atoms with van der Waals surface area (Å²) in [7, 11) is 0. The Bertz CT molecular complexity index is 327. The third-order valence-electron chi connectivity index (χ3n) is 2.47. The second kappa shape index (κ2) is 6.67. The molecule has 10 heteroatoms. The largest absolute Gasteiger partial charge is 0.462 e. The van der Waals surface area contributed by atoms with Gasteiger partial charge in [0.05, 0.1) is 5.92 Å². The Morgan fingerprint density at radius 2 is 1.55 bits per heavy atom. The molecule has 0 aliphatic rings. The van der Waals surface area contributed by atoms with Gasteiger partial charge in [-0.25, -0.2) is 0 Å². The molecular formula is C10H13F6IO3. The number of rotatable bonds is 5. The van der Waals surface area contributed by atoms with Gasteiger partial charge in [0.1, 0.15) is 6.10 Å². The molecule has 0 fully saturated rings.